The van der Waals surface area contributed by atoms with E-state index in [9.17, 15) is 18.3 Å². The molecule has 2 rings (SSSR count). The molecule has 1 N–H and O–H groups in total. The van der Waals surface area contributed by atoms with Gasteiger partial charge in [-0.25, -0.2) is 8.42 Å². The fraction of sp³-hybridized carbons (Fsp3) is 0.0714. The van der Waals surface area contributed by atoms with Gasteiger partial charge in [0.25, 0.3) is 10.0 Å². The van der Waals surface area contributed by atoms with Crippen molar-refractivity contribution in [2.24, 2.45) is 0 Å². The summed E-state index contributed by atoms with van der Waals surface area (Å²) < 4.78 is 26.9. The molecule has 2 aromatic rings. The summed E-state index contributed by atoms with van der Waals surface area (Å²) in [6.07, 6.45) is 0. The second-order valence-corrected chi connectivity index (χ2v) is 7.00. The van der Waals surface area contributed by atoms with E-state index in [0.717, 1.165) is 11.6 Å². The van der Waals surface area contributed by atoms with Crippen LogP contribution in [0.25, 0.3) is 0 Å². The molecule has 8 heteroatoms. The topological polar surface area (TPSA) is 86.3 Å². The van der Waals surface area contributed by atoms with Gasteiger partial charge in [-0.05, 0) is 42.8 Å². The van der Waals surface area contributed by atoms with Gasteiger partial charge in [-0.2, -0.15) is 0 Å². The summed E-state index contributed by atoms with van der Waals surface area (Å²) in [5.41, 5.74) is 0.669. The van der Waals surface area contributed by atoms with Gasteiger partial charge < -0.3 is 9.90 Å². The van der Waals surface area contributed by atoms with Crippen molar-refractivity contribution in [1.29, 1.82) is 0 Å². The van der Waals surface area contributed by atoms with Gasteiger partial charge in [0.1, 0.15) is 0 Å². The predicted octanol–water partition coefficient (Wildman–Crippen LogP) is 2.47. The first kappa shape index (κ1) is 16.6. The van der Waals surface area contributed by atoms with Crippen LogP contribution in [0.15, 0.2) is 41.3 Å². The highest BCUT2D eigenvalue weighted by molar-refractivity contribution is 7.92. The van der Waals surface area contributed by atoms with Crippen molar-refractivity contribution < 1.29 is 18.3 Å². The van der Waals surface area contributed by atoms with Crippen LogP contribution < -0.4 is 9.83 Å². The first-order valence-corrected chi connectivity index (χ1v) is 8.24. The number of hydrogen-bond acceptors (Lipinski definition) is 4. The van der Waals surface area contributed by atoms with E-state index in [1.165, 1.54) is 18.2 Å². The zero-order valence-electron chi connectivity index (χ0n) is 11.3. The van der Waals surface area contributed by atoms with Gasteiger partial charge in [0.2, 0.25) is 0 Å². The molecular formula is C14H10Cl2NO4S-. The zero-order valence-corrected chi connectivity index (χ0v) is 13.6. The van der Waals surface area contributed by atoms with Crippen LogP contribution in [-0.2, 0) is 10.0 Å². The Bertz CT molecular complexity index is 850. The Hall–Kier alpha value is -1.76. The summed E-state index contributed by atoms with van der Waals surface area (Å²) >= 11 is 11.6. The van der Waals surface area contributed by atoms with Crippen LogP contribution in [-0.4, -0.2) is 14.4 Å². The number of anilines is 1. The highest BCUT2D eigenvalue weighted by atomic mass is 35.5. The van der Waals surface area contributed by atoms with Crippen molar-refractivity contribution in [3.63, 3.8) is 0 Å². The maximum absolute atomic E-state index is 12.3. The fourth-order valence-corrected chi connectivity index (χ4v) is 3.15. The van der Waals surface area contributed by atoms with Crippen LogP contribution in [0.1, 0.15) is 15.9 Å². The molecule has 0 unspecified atom stereocenters. The number of benzene rings is 2. The van der Waals surface area contributed by atoms with E-state index in [0.29, 0.717) is 5.02 Å². The second-order valence-electron chi connectivity index (χ2n) is 4.50. The van der Waals surface area contributed by atoms with Crippen molar-refractivity contribution in [1.82, 2.24) is 0 Å². The number of aromatic carboxylic acids is 1. The molecule has 0 aliphatic heterocycles. The third-order valence-corrected chi connectivity index (χ3v) is 5.01. The standard InChI is InChI=1S/C14H11Cl2NO4S/c1-8-2-3-9(6-13(8)16)17-22(20,21)10-4-5-12(15)11(7-10)14(18)19/h2-7,17H,1H3,(H,18,19)/p-1. The van der Waals surface area contributed by atoms with E-state index >= 15 is 0 Å². The fourth-order valence-electron chi connectivity index (χ4n) is 1.70. The Kier molecular flexibility index (Phi) is 4.65. The molecule has 0 radical (unpaired) electrons. The molecule has 0 spiro atoms. The summed E-state index contributed by atoms with van der Waals surface area (Å²) in [4.78, 5) is 10.7. The van der Waals surface area contributed by atoms with Gasteiger partial charge in [-0.3, -0.25) is 4.72 Å². The van der Waals surface area contributed by atoms with E-state index in [1.54, 1.807) is 19.1 Å². The van der Waals surface area contributed by atoms with Crippen LogP contribution in [0.5, 0.6) is 0 Å². The molecule has 0 amide bonds. The minimum atomic E-state index is -3.97. The van der Waals surface area contributed by atoms with E-state index in [4.69, 9.17) is 23.2 Å². The maximum atomic E-state index is 12.3. The number of nitrogens with one attached hydrogen (secondary N) is 1. The molecule has 5 nitrogen and oxygen atoms in total. The summed E-state index contributed by atoms with van der Waals surface area (Å²) in [7, 11) is -3.97. The average molecular weight is 359 g/mol. The number of halogens is 2. The first-order chi connectivity index (χ1) is 10.2. The second kappa shape index (κ2) is 6.16. The Morgan fingerprint density at radius 3 is 2.36 bits per heavy atom. The van der Waals surface area contributed by atoms with Crippen molar-refractivity contribution in [2.45, 2.75) is 11.8 Å². The molecule has 0 heterocycles. The number of aryl methyl sites for hydroxylation is 1. The SMILES string of the molecule is Cc1ccc(NS(=O)(=O)c2ccc(Cl)c(C(=O)[O-])c2)cc1Cl. The highest BCUT2D eigenvalue weighted by Gasteiger charge is 2.16. The third-order valence-electron chi connectivity index (χ3n) is 2.89. The van der Waals surface area contributed by atoms with E-state index in [2.05, 4.69) is 4.72 Å². The van der Waals surface area contributed by atoms with Gasteiger partial charge in [0, 0.05) is 15.6 Å². The lowest BCUT2D eigenvalue weighted by Crippen LogP contribution is -2.23. The molecule has 0 atom stereocenters. The van der Waals surface area contributed by atoms with Crippen LogP contribution in [0, 0.1) is 6.92 Å². The number of carboxylic acids is 1. The molecule has 0 aliphatic carbocycles. The molecule has 22 heavy (non-hydrogen) atoms. The quantitative estimate of drug-likeness (QED) is 0.909. The Morgan fingerprint density at radius 2 is 1.77 bits per heavy atom. The van der Waals surface area contributed by atoms with Gasteiger partial charge in [0.05, 0.1) is 16.6 Å². The monoisotopic (exact) mass is 358 g/mol. The summed E-state index contributed by atoms with van der Waals surface area (Å²) in [6, 6.07) is 8.00. The lowest BCUT2D eigenvalue weighted by molar-refractivity contribution is -0.255. The maximum Gasteiger partial charge on any atom is 0.261 e. The average Bonchev–Trinajstić information content (AvgIpc) is 2.42. The molecule has 0 aliphatic rings. The van der Waals surface area contributed by atoms with Crippen molar-refractivity contribution in [3.8, 4) is 0 Å². The number of hydrogen-bond donors (Lipinski definition) is 1. The van der Waals surface area contributed by atoms with Gasteiger partial charge >= 0.3 is 0 Å². The number of carbonyl (C=O) groups excluding carboxylic acids is 1. The Morgan fingerprint density at radius 1 is 1.09 bits per heavy atom. The molecule has 0 fully saturated rings. The minimum Gasteiger partial charge on any atom is -0.545 e. The minimum absolute atomic E-state index is 0.0997. The van der Waals surface area contributed by atoms with Crippen LogP contribution in [0.4, 0.5) is 5.69 Å². The Balaban J connectivity index is 2.40. The molecule has 0 bridgehead atoms. The number of rotatable bonds is 4. The van der Waals surface area contributed by atoms with Crippen molar-refractivity contribution in [2.75, 3.05) is 4.72 Å². The molecule has 116 valence electrons. The Labute approximate surface area is 137 Å². The van der Waals surface area contributed by atoms with Crippen LogP contribution >= 0.6 is 23.2 Å². The summed E-state index contributed by atoms with van der Waals surface area (Å²) in [5.74, 6) is -1.56. The smallest absolute Gasteiger partial charge is 0.261 e. The third kappa shape index (κ3) is 3.52. The molecule has 0 aromatic heterocycles. The molecule has 2 aromatic carbocycles. The predicted molar refractivity (Wildman–Crippen MR) is 82.8 cm³/mol. The summed E-state index contributed by atoms with van der Waals surface area (Å²) in [5, 5.41) is 11.2. The lowest BCUT2D eigenvalue weighted by atomic mass is 10.2. The summed E-state index contributed by atoms with van der Waals surface area (Å²) in [6.45, 7) is 1.78. The number of carboxylic acid groups (broad SMARTS) is 1. The molecule has 0 saturated heterocycles. The van der Waals surface area contributed by atoms with Crippen molar-refractivity contribution in [3.05, 3.63) is 57.6 Å². The van der Waals surface area contributed by atoms with Gasteiger partial charge in [0.15, 0.2) is 0 Å². The lowest BCUT2D eigenvalue weighted by Gasteiger charge is -2.11. The van der Waals surface area contributed by atoms with Crippen molar-refractivity contribution >= 4 is 44.9 Å². The molecule has 0 saturated carbocycles. The van der Waals surface area contributed by atoms with Crippen LogP contribution in [0.2, 0.25) is 10.0 Å². The normalized spacial score (nSPS) is 11.2. The van der Waals surface area contributed by atoms with E-state index in [1.807, 2.05) is 0 Å². The largest absolute Gasteiger partial charge is 0.545 e. The van der Waals surface area contributed by atoms with Crippen LogP contribution in [0.3, 0.4) is 0 Å². The first-order valence-electron chi connectivity index (χ1n) is 6.00. The molecular weight excluding hydrogens is 349 g/mol. The van der Waals surface area contributed by atoms with Gasteiger partial charge in [-0.1, -0.05) is 29.3 Å². The van der Waals surface area contributed by atoms with E-state index in [-0.39, 0.29) is 15.6 Å². The van der Waals surface area contributed by atoms with E-state index < -0.39 is 21.6 Å². The zero-order chi connectivity index (χ0) is 16.5. The number of carbonyl (C=O) groups is 1. The highest BCUT2D eigenvalue weighted by Crippen LogP contribution is 2.24. The number of sulfonamides is 1. The van der Waals surface area contributed by atoms with Gasteiger partial charge in [-0.15, -0.1) is 0 Å².